The van der Waals surface area contributed by atoms with Gasteiger partial charge in [0, 0.05) is 46.0 Å². The number of rotatable bonds is 4. The number of sulfonamides is 1. The minimum absolute atomic E-state index is 0.0470. The van der Waals surface area contributed by atoms with Gasteiger partial charge in [0.25, 0.3) is 5.91 Å². The van der Waals surface area contributed by atoms with Crippen LogP contribution in [0, 0.1) is 5.92 Å². The summed E-state index contributed by atoms with van der Waals surface area (Å²) in [5.41, 5.74) is 1.38. The first-order valence-electron chi connectivity index (χ1n) is 9.41. The third-order valence-electron chi connectivity index (χ3n) is 5.37. The standard InChI is InChI=1S/C19H29N3O3S/c1-15-7-6-12-22(14-15)19(23)17-13-16(26(24,25)20(2)3)8-9-18(17)21-10-4-5-11-21/h8-9,13,15H,4-7,10-12,14H2,1-3H3. The summed E-state index contributed by atoms with van der Waals surface area (Å²) in [6.45, 7) is 5.47. The fourth-order valence-electron chi connectivity index (χ4n) is 3.84. The van der Waals surface area contributed by atoms with Crippen molar-refractivity contribution in [3.63, 3.8) is 0 Å². The van der Waals surface area contributed by atoms with Gasteiger partial charge < -0.3 is 9.80 Å². The van der Waals surface area contributed by atoms with Crippen LogP contribution in [0.25, 0.3) is 0 Å². The molecule has 2 saturated heterocycles. The second-order valence-electron chi connectivity index (χ2n) is 7.66. The molecule has 0 aromatic heterocycles. The van der Waals surface area contributed by atoms with Crippen LogP contribution in [0.15, 0.2) is 23.1 Å². The van der Waals surface area contributed by atoms with Gasteiger partial charge in [0.05, 0.1) is 10.5 Å². The lowest BCUT2D eigenvalue weighted by atomic mass is 9.99. The smallest absolute Gasteiger partial charge is 0.256 e. The van der Waals surface area contributed by atoms with Gasteiger partial charge in [-0.15, -0.1) is 0 Å². The zero-order valence-corrected chi connectivity index (χ0v) is 16.8. The van der Waals surface area contributed by atoms with Gasteiger partial charge in [0.2, 0.25) is 10.0 Å². The van der Waals surface area contributed by atoms with Crippen LogP contribution in [-0.2, 0) is 10.0 Å². The Balaban J connectivity index is 2.02. The SMILES string of the molecule is CC1CCCN(C(=O)c2cc(S(=O)(=O)N(C)C)ccc2N2CCCC2)C1. The maximum atomic E-state index is 13.3. The molecule has 1 amide bonds. The highest BCUT2D eigenvalue weighted by Gasteiger charge is 2.28. The first kappa shape index (κ1) is 19.2. The normalized spacial score (nSPS) is 21.5. The van der Waals surface area contributed by atoms with E-state index in [0.29, 0.717) is 11.5 Å². The Morgan fingerprint density at radius 1 is 1.12 bits per heavy atom. The van der Waals surface area contributed by atoms with Crippen molar-refractivity contribution < 1.29 is 13.2 Å². The molecule has 3 rings (SSSR count). The number of carbonyl (C=O) groups is 1. The minimum atomic E-state index is -3.57. The number of piperidine rings is 1. The average Bonchev–Trinajstić information content (AvgIpc) is 3.15. The summed E-state index contributed by atoms with van der Waals surface area (Å²) < 4.78 is 26.3. The highest BCUT2D eigenvalue weighted by Crippen LogP contribution is 2.30. The van der Waals surface area contributed by atoms with Crippen LogP contribution in [0.4, 0.5) is 5.69 Å². The molecule has 6 nitrogen and oxygen atoms in total. The molecule has 1 aromatic carbocycles. The van der Waals surface area contributed by atoms with Crippen molar-refractivity contribution in [3.05, 3.63) is 23.8 Å². The number of carbonyl (C=O) groups excluding carboxylic acids is 1. The van der Waals surface area contributed by atoms with Crippen LogP contribution in [0.5, 0.6) is 0 Å². The number of amides is 1. The maximum Gasteiger partial charge on any atom is 0.256 e. The van der Waals surface area contributed by atoms with Crippen LogP contribution in [0.2, 0.25) is 0 Å². The molecule has 2 fully saturated rings. The Labute approximate surface area is 156 Å². The predicted molar refractivity (Wildman–Crippen MR) is 103 cm³/mol. The molecule has 1 atom stereocenters. The van der Waals surface area contributed by atoms with Gasteiger partial charge in [-0.3, -0.25) is 4.79 Å². The van der Waals surface area contributed by atoms with Gasteiger partial charge in [0.1, 0.15) is 0 Å². The van der Waals surface area contributed by atoms with Crippen LogP contribution in [-0.4, -0.2) is 63.8 Å². The van der Waals surface area contributed by atoms with E-state index in [4.69, 9.17) is 0 Å². The fourth-order valence-corrected chi connectivity index (χ4v) is 4.76. The Bertz CT molecular complexity index is 770. The summed E-state index contributed by atoms with van der Waals surface area (Å²) in [5, 5.41) is 0. The van der Waals surface area contributed by atoms with Gasteiger partial charge in [0.15, 0.2) is 0 Å². The molecule has 26 heavy (non-hydrogen) atoms. The van der Waals surface area contributed by atoms with Crippen molar-refractivity contribution in [2.75, 3.05) is 45.2 Å². The number of anilines is 1. The van der Waals surface area contributed by atoms with Crippen molar-refractivity contribution >= 4 is 21.6 Å². The third-order valence-corrected chi connectivity index (χ3v) is 7.18. The van der Waals surface area contributed by atoms with E-state index in [0.717, 1.165) is 57.5 Å². The van der Waals surface area contributed by atoms with Gasteiger partial charge >= 0.3 is 0 Å². The van der Waals surface area contributed by atoms with Crippen LogP contribution >= 0.6 is 0 Å². The number of nitrogens with zero attached hydrogens (tertiary/aromatic N) is 3. The average molecular weight is 380 g/mol. The molecule has 0 bridgehead atoms. The Morgan fingerprint density at radius 3 is 2.42 bits per heavy atom. The molecule has 7 heteroatoms. The predicted octanol–water partition coefficient (Wildman–Crippen LogP) is 2.41. The van der Waals surface area contributed by atoms with E-state index in [1.54, 1.807) is 12.1 Å². The lowest BCUT2D eigenvalue weighted by molar-refractivity contribution is 0.0683. The van der Waals surface area contributed by atoms with E-state index in [-0.39, 0.29) is 10.8 Å². The van der Waals surface area contributed by atoms with Crippen molar-refractivity contribution in [2.24, 2.45) is 5.92 Å². The maximum absolute atomic E-state index is 13.3. The van der Waals surface area contributed by atoms with Crippen LogP contribution < -0.4 is 4.90 Å². The van der Waals surface area contributed by atoms with E-state index < -0.39 is 10.0 Å². The summed E-state index contributed by atoms with van der Waals surface area (Å²) >= 11 is 0. The van der Waals surface area contributed by atoms with E-state index in [1.807, 2.05) is 11.0 Å². The minimum Gasteiger partial charge on any atom is -0.371 e. The molecule has 2 aliphatic rings. The molecule has 2 aliphatic heterocycles. The molecule has 144 valence electrons. The molecule has 0 aliphatic carbocycles. The summed E-state index contributed by atoms with van der Waals surface area (Å²) in [6, 6.07) is 5.01. The lowest BCUT2D eigenvalue weighted by Gasteiger charge is -2.32. The summed E-state index contributed by atoms with van der Waals surface area (Å²) in [7, 11) is -0.548. The van der Waals surface area contributed by atoms with Crippen molar-refractivity contribution in [1.82, 2.24) is 9.21 Å². The zero-order valence-electron chi connectivity index (χ0n) is 15.9. The topological polar surface area (TPSA) is 60.9 Å². The summed E-state index contributed by atoms with van der Waals surface area (Å²) in [4.78, 5) is 17.5. The molecular formula is C19H29N3O3S. The quantitative estimate of drug-likeness (QED) is 0.806. The second kappa shape index (κ2) is 7.56. The number of benzene rings is 1. The highest BCUT2D eigenvalue weighted by atomic mass is 32.2. The summed E-state index contributed by atoms with van der Waals surface area (Å²) in [5.74, 6) is 0.436. The van der Waals surface area contributed by atoms with Gasteiger partial charge in [-0.2, -0.15) is 0 Å². The van der Waals surface area contributed by atoms with Gasteiger partial charge in [-0.1, -0.05) is 6.92 Å². The summed E-state index contributed by atoms with van der Waals surface area (Å²) in [6.07, 6.45) is 4.34. The lowest BCUT2D eigenvalue weighted by Crippen LogP contribution is -2.40. The van der Waals surface area contributed by atoms with E-state index in [1.165, 1.54) is 18.4 Å². The molecule has 0 saturated carbocycles. The molecule has 1 aromatic rings. The molecule has 2 heterocycles. The second-order valence-corrected chi connectivity index (χ2v) is 9.81. The van der Waals surface area contributed by atoms with Crippen molar-refractivity contribution in [2.45, 2.75) is 37.5 Å². The van der Waals surface area contributed by atoms with Gasteiger partial charge in [-0.25, -0.2) is 12.7 Å². The molecule has 1 unspecified atom stereocenters. The van der Waals surface area contributed by atoms with Crippen LogP contribution in [0.3, 0.4) is 0 Å². The van der Waals surface area contributed by atoms with E-state index in [2.05, 4.69) is 11.8 Å². The Kier molecular flexibility index (Phi) is 5.58. The van der Waals surface area contributed by atoms with Crippen LogP contribution in [0.1, 0.15) is 43.0 Å². The highest BCUT2D eigenvalue weighted by molar-refractivity contribution is 7.89. The molecule has 0 spiro atoms. The Morgan fingerprint density at radius 2 is 1.81 bits per heavy atom. The van der Waals surface area contributed by atoms with Crippen molar-refractivity contribution in [1.29, 1.82) is 0 Å². The molecular weight excluding hydrogens is 350 g/mol. The van der Waals surface area contributed by atoms with E-state index in [9.17, 15) is 13.2 Å². The zero-order chi connectivity index (χ0) is 18.9. The van der Waals surface area contributed by atoms with E-state index >= 15 is 0 Å². The first-order chi connectivity index (χ1) is 12.3. The van der Waals surface area contributed by atoms with Gasteiger partial charge in [-0.05, 0) is 49.8 Å². The Hall–Kier alpha value is -1.60. The number of hydrogen-bond donors (Lipinski definition) is 0. The molecule has 0 radical (unpaired) electrons. The third kappa shape index (κ3) is 3.74. The number of likely N-dealkylation sites (tertiary alicyclic amines) is 1. The molecule has 0 N–H and O–H groups in total. The first-order valence-corrected chi connectivity index (χ1v) is 10.9. The largest absolute Gasteiger partial charge is 0.371 e. The number of hydrogen-bond acceptors (Lipinski definition) is 4. The van der Waals surface area contributed by atoms with Crippen molar-refractivity contribution in [3.8, 4) is 0 Å². The monoisotopic (exact) mass is 379 g/mol. The fraction of sp³-hybridized carbons (Fsp3) is 0.632.